The summed E-state index contributed by atoms with van der Waals surface area (Å²) in [6.07, 6.45) is 0.422. The van der Waals surface area contributed by atoms with Gasteiger partial charge in [0.05, 0.1) is 18.0 Å². The number of nitrogens with one attached hydrogen (secondary N) is 1. The molecule has 0 saturated heterocycles. The van der Waals surface area contributed by atoms with E-state index in [1.807, 2.05) is 32.0 Å². The number of aromatic nitrogens is 1. The van der Waals surface area contributed by atoms with Gasteiger partial charge in [-0.25, -0.2) is 14.8 Å². The summed E-state index contributed by atoms with van der Waals surface area (Å²) < 4.78 is 4.99. The number of esters is 1. The molecule has 3 rings (SSSR count). The number of ether oxygens (including phenoxy) is 1. The average Bonchev–Trinajstić information content (AvgIpc) is 3.04. The monoisotopic (exact) mass is 414 g/mol. The molecule has 29 heavy (non-hydrogen) atoms. The fourth-order valence-electron chi connectivity index (χ4n) is 2.86. The Balaban J connectivity index is 1.82. The van der Waals surface area contributed by atoms with E-state index in [-0.39, 0.29) is 36.2 Å². The minimum absolute atomic E-state index is 0.162. The van der Waals surface area contributed by atoms with Crippen LogP contribution in [0.25, 0.3) is 0 Å². The Hall–Kier alpha value is -3.07. The van der Waals surface area contributed by atoms with Gasteiger partial charge < -0.3 is 4.74 Å². The second-order valence-corrected chi connectivity index (χ2v) is 7.65. The largest absolute Gasteiger partial charge is 0.462 e. The smallest absolute Gasteiger partial charge is 0.350 e. The molecule has 2 heterocycles. The first kappa shape index (κ1) is 20.7. The number of amides is 2. The second-order valence-electron chi connectivity index (χ2n) is 6.65. The van der Waals surface area contributed by atoms with Crippen molar-refractivity contribution < 1.29 is 19.1 Å². The highest BCUT2D eigenvalue weighted by atomic mass is 32.1. The summed E-state index contributed by atoms with van der Waals surface area (Å²) in [6, 6.07) is 5.74. The molecule has 1 aromatic heterocycles. The van der Waals surface area contributed by atoms with Gasteiger partial charge in [0.15, 0.2) is 5.13 Å². The average molecular weight is 414 g/mol. The lowest BCUT2D eigenvalue weighted by Gasteiger charge is -2.24. The minimum atomic E-state index is -0.468. The van der Waals surface area contributed by atoms with E-state index < -0.39 is 11.9 Å². The first-order valence-electron chi connectivity index (χ1n) is 9.23. The van der Waals surface area contributed by atoms with Crippen LogP contribution in [0.5, 0.6) is 0 Å². The molecule has 0 radical (unpaired) electrons. The van der Waals surface area contributed by atoms with E-state index in [4.69, 9.17) is 4.74 Å². The zero-order chi connectivity index (χ0) is 21.1. The van der Waals surface area contributed by atoms with Crippen LogP contribution in [0.3, 0.4) is 0 Å². The second kappa shape index (κ2) is 8.52. The molecule has 8 nitrogen and oxygen atoms in total. The lowest BCUT2D eigenvalue weighted by Crippen LogP contribution is -2.36. The Morgan fingerprint density at radius 1 is 1.24 bits per heavy atom. The highest BCUT2D eigenvalue weighted by molar-refractivity contribution is 7.17. The van der Waals surface area contributed by atoms with Gasteiger partial charge in [0.2, 0.25) is 5.91 Å². The van der Waals surface area contributed by atoms with Crippen molar-refractivity contribution in [3.63, 3.8) is 0 Å². The number of carbonyl (C=O) groups is 3. The number of nitrogens with zero attached hydrogens (tertiary/aromatic N) is 3. The summed E-state index contributed by atoms with van der Waals surface area (Å²) in [5, 5.41) is 8.55. The van der Waals surface area contributed by atoms with Crippen LogP contribution in [0.2, 0.25) is 0 Å². The van der Waals surface area contributed by atoms with Crippen LogP contribution in [0.15, 0.2) is 23.3 Å². The molecule has 1 aliphatic heterocycles. The SMILES string of the molecule is CCOC(=O)c1sc(NC(=O)C2=NN(c3cc(C)ccc3C)C(=O)CC2)nc1C. The van der Waals surface area contributed by atoms with Gasteiger partial charge in [0.1, 0.15) is 10.6 Å². The molecule has 1 aromatic carbocycles. The van der Waals surface area contributed by atoms with E-state index in [2.05, 4.69) is 15.4 Å². The highest BCUT2D eigenvalue weighted by Gasteiger charge is 2.27. The maximum atomic E-state index is 12.7. The molecule has 0 fully saturated rings. The van der Waals surface area contributed by atoms with Crippen molar-refractivity contribution in [2.45, 2.75) is 40.5 Å². The highest BCUT2D eigenvalue weighted by Crippen LogP contribution is 2.27. The van der Waals surface area contributed by atoms with Crippen LogP contribution < -0.4 is 10.3 Å². The van der Waals surface area contributed by atoms with Gasteiger partial charge in [0, 0.05) is 12.8 Å². The Morgan fingerprint density at radius 3 is 2.72 bits per heavy atom. The molecule has 1 N–H and O–H groups in total. The van der Waals surface area contributed by atoms with Crippen LogP contribution in [0.1, 0.15) is 46.3 Å². The number of benzene rings is 1. The summed E-state index contributed by atoms with van der Waals surface area (Å²) in [4.78, 5) is 41.6. The van der Waals surface area contributed by atoms with Crippen molar-refractivity contribution >= 4 is 45.7 Å². The summed E-state index contributed by atoms with van der Waals surface area (Å²) in [7, 11) is 0. The number of thiazole rings is 1. The summed E-state index contributed by atoms with van der Waals surface area (Å²) in [5.41, 5.74) is 3.27. The Morgan fingerprint density at radius 2 is 2.00 bits per heavy atom. The normalized spacial score (nSPS) is 13.9. The minimum Gasteiger partial charge on any atom is -0.462 e. The quantitative estimate of drug-likeness (QED) is 0.756. The maximum absolute atomic E-state index is 12.7. The molecule has 0 atom stereocenters. The van der Waals surface area contributed by atoms with Gasteiger partial charge in [-0.3, -0.25) is 14.9 Å². The van der Waals surface area contributed by atoms with Crippen LogP contribution >= 0.6 is 11.3 Å². The third kappa shape index (κ3) is 4.51. The number of anilines is 2. The van der Waals surface area contributed by atoms with Crippen molar-refractivity contribution in [1.82, 2.24) is 4.98 Å². The van der Waals surface area contributed by atoms with Gasteiger partial charge in [0.25, 0.3) is 5.91 Å². The molecule has 0 bridgehead atoms. The third-order valence-corrected chi connectivity index (χ3v) is 5.42. The summed E-state index contributed by atoms with van der Waals surface area (Å²) in [6.45, 7) is 7.48. The lowest BCUT2D eigenvalue weighted by atomic mass is 10.1. The Kier molecular flexibility index (Phi) is 6.07. The van der Waals surface area contributed by atoms with Crippen molar-refractivity contribution in [1.29, 1.82) is 0 Å². The predicted molar refractivity (Wildman–Crippen MR) is 112 cm³/mol. The van der Waals surface area contributed by atoms with Gasteiger partial charge >= 0.3 is 5.97 Å². The molecular formula is C20H22N4O4S. The third-order valence-electron chi connectivity index (χ3n) is 4.37. The molecule has 0 saturated carbocycles. The van der Waals surface area contributed by atoms with Crippen molar-refractivity contribution in [2.75, 3.05) is 16.9 Å². The fraction of sp³-hybridized carbons (Fsp3) is 0.350. The fourth-order valence-corrected chi connectivity index (χ4v) is 3.71. The Bertz CT molecular complexity index is 1010. The molecule has 2 aromatic rings. The van der Waals surface area contributed by atoms with E-state index in [1.165, 1.54) is 5.01 Å². The van der Waals surface area contributed by atoms with E-state index in [0.717, 1.165) is 22.5 Å². The number of aryl methyl sites for hydroxylation is 3. The molecule has 0 aliphatic carbocycles. The number of hydrazone groups is 1. The van der Waals surface area contributed by atoms with E-state index in [1.54, 1.807) is 13.8 Å². The first-order valence-corrected chi connectivity index (χ1v) is 10.1. The van der Waals surface area contributed by atoms with Gasteiger partial charge in [-0.15, -0.1) is 0 Å². The zero-order valence-corrected chi connectivity index (χ0v) is 17.6. The van der Waals surface area contributed by atoms with Gasteiger partial charge in [-0.1, -0.05) is 23.5 Å². The van der Waals surface area contributed by atoms with Crippen LogP contribution in [0, 0.1) is 20.8 Å². The zero-order valence-electron chi connectivity index (χ0n) is 16.7. The van der Waals surface area contributed by atoms with Crippen molar-refractivity contribution in [2.24, 2.45) is 5.10 Å². The molecule has 1 aliphatic rings. The van der Waals surface area contributed by atoms with E-state index in [9.17, 15) is 14.4 Å². The number of carbonyl (C=O) groups excluding carboxylic acids is 3. The first-order chi connectivity index (χ1) is 13.8. The lowest BCUT2D eigenvalue weighted by molar-refractivity contribution is -0.118. The van der Waals surface area contributed by atoms with Gasteiger partial charge in [-0.2, -0.15) is 5.10 Å². The van der Waals surface area contributed by atoms with Gasteiger partial charge in [-0.05, 0) is 44.9 Å². The number of hydrogen-bond acceptors (Lipinski definition) is 7. The van der Waals surface area contributed by atoms with Crippen molar-refractivity contribution in [3.05, 3.63) is 39.9 Å². The number of rotatable bonds is 5. The number of hydrogen-bond donors (Lipinski definition) is 1. The van der Waals surface area contributed by atoms with Crippen LogP contribution in [0.4, 0.5) is 10.8 Å². The van der Waals surface area contributed by atoms with E-state index >= 15 is 0 Å². The summed E-state index contributed by atoms with van der Waals surface area (Å²) in [5.74, 6) is -1.08. The maximum Gasteiger partial charge on any atom is 0.350 e. The molecule has 0 spiro atoms. The topological polar surface area (TPSA) is 101 Å². The van der Waals surface area contributed by atoms with Crippen molar-refractivity contribution in [3.8, 4) is 0 Å². The molecule has 152 valence electrons. The van der Waals surface area contributed by atoms with E-state index in [0.29, 0.717) is 16.3 Å². The predicted octanol–water partition coefficient (Wildman–Crippen LogP) is 3.37. The van der Waals surface area contributed by atoms with Crippen LogP contribution in [-0.4, -0.2) is 35.1 Å². The molecular weight excluding hydrogens is 392 g/mol. The molecule has 0 unspecified atom stereocenters. The van der Waals surface area contributed by atoms with Crippen LogP contribution in [-0.2, 0) is 14.3 Å². The standard InChI is InChI=1S/C20H22N4O4S/c1-5-28-19(27)17-13(4)21-20(29-17)22-18(26)14-8-9-16(25)24(23-14)15-10-11(2)6-7-12(15)3/h6-7,10H,5,8-9H2,1-4H3,(H,21,22,26). The Labute approximate surface area is 172 Å². The molecule has 2 amide bonds. The molecule has 9 heteroatoms. The summed E-state index contributed by atoms with van der Waals surface area (Å²) >= 11 is 1.05.